The number of anilines is 3. The van der Waals surface area contributed by atoms with Gasteiger partial charge in [0.25, 0.3) is 5.91 Å². The zero-order valence-corrected chi connectivity index (χ0v) is 19.5. The average Bonchev–Trinajstić information content (AvgIpc) is 3.39. The van der Waals surface area contributed by atoms with Crippen molar-refractivity contribution in [3.63, 3.8) is 0 Å². The topological polar surface area (TPSA) is 107 Å². The molecule has 0 unspecified atom stereocenters. The van der Waals surface area contributed by atoms with Crippen molar-refractivity contribution in [3.05, 3.63) is 46.7 Å². The van der Waals surface area contributed by atoms with E-state index in [1.54, 1.807) is 26.4 Å². The number of halogens is 1. The van der Waals surface area contributed by atoms with Crippen LogP contribution in [0.5, 0.6) is 5.75 Å². The number of benzene rings is 1. The molecule has 4 heterocycles. The van der Waals surface area contributed by atoms with Crippen molar-refractivity contribution in [1.82, 2.24) is 25.2 Å². The highest BCUT2D eigenvalue weighted by Crippen LogP contribution is 2.46. The van der Waals surface area contributed by atoms with Crippen molar-refractivity contribution in [3.8, 4) is 17.1 Å². The minimum atomic E-state index is -0.191. The molecule has 0 radical (unpaired) electrons. The Balaban J connectivity index is 1.73. The highest BCUT2D eigenvalue weighted by Gasteiger charge is 2.47. The summed E-state index contributed by atoms with van der Waals surface area (Å²) in [7, 11) is 5.44. The number of methoxy groups -OCH3 is 1. The molecule has 1 amide bonds. The molecular formula is C23H26ClN7O2. The number of amides is 1. The molecule has 3 aromatic rings. The largest absolute Gasteiger partial charge is 0.493 e. The molecule has 2 aliphatic rings. The monoisotopic (exact) mass is 467 g/mol. The summed E-state index contributed by atoms with van der Waals surface area (Å²) in [4.78, 5) is 28.0. The summed E-state index contributed by atoms with van der Waals surface area (Å²) in [5.74, 6) is 0.871. The van der Waals surface area contributed by atoms with Crippen molar-refractivity contribution in [1.29, 1.82) is 0 Å². The number of fused-ring (bicyclic) bond motifs is 2. The second-order valence-electron chi connectivity index (χ2n) is 8.54. The van der Waals surface area contributed by atoms with E-state index in [0.29, 0.717) is 51.6 Å². The maximum absolute atomic E-state index is 13.2. The second kappa shape index (κ2) is 8.24. The third kappa shape index (κ3) is 3.57. The zero-order chi connectivity index (χ0) is 23.2. The number of ether oxygens (including phenoxy) is 1. The smallest absolute Gasteiger partial charge is 0.255 e. The molecule has 4 N–H and O–H groups in total. The molecular weight excluding hydrogens is 442 g/mol. The number of likely N-dealkylation sites (N-methyl/N-ethyl adjacent to an activating group) is 1. The Morgan fingerprint density at radius 1 is 1.30 bits per heavy atom. The summed E-state index contributed by atoms with van der Waals surface area (Å²) in [5.41, 5.74) is 4.01. The van der Waals surface area contributed by atoms with Crippen molar-refractivity contribution in [2.45, 2.75) is 11.8 Å². The fraction of sp³-hybridized carbons (Fsp3) is 0.348. The highest BCUT2D eigenvalue weighted by molar-refractivity contribution is 6.32. The quantitative estimate of drug-likeness (QED) is 0.456. The fourth-order valence-electron chi connectivity index (χ4n) is 4.86. The first-order valence-electron chi connectivity index (χ1n) is 10.8. The first-order chi connectivity index (χ1) is 16.0. The number of rotatable bonds is 5. The number of para-hydroxylation sites is 1. The molecule has 0 bridgehead atoms. The lowest BCUT2D eigenvalue weighted by Crippen LogP contribution is -2.48. The van der Waals surface area contributed by atoms with Gasteiger partial charge in [-0.25, -0.2) is 9.97 Å². The number of hydrogen-bond donors (Lipinski definition) is 4. The normalized spacial score (nSPS) is 19.9. The molecule has 2 aromatic heterocycles. The zero-order valence-electron chi connectivity index (χ0n) is 18.8. The summed E-state index contributed by atoms with van der Waals surface area (Å²) < 4.78 is 5.54. The van der Waals surface area contributed by atoms with E-state index >= 15 is 0 Å². The van der Waals surface area contributed by atoms with Crippen LogP contribution in [0.3, 0.4) is 0 Å². The number of aromatic nitrogens is 3. The molecule has 1 spiro atoms. The van der Waals surface area contributed by atoms with Crippen LogP contribution in [-0.2, 0) is 5.41 Å². The van der Waals surface area contributed by atoms with Gasteiger partial charge in [-0.15, -0.1) is 0 Å². The van der Waals surface area contributed by atoms with Crippen LogP contribution in [0.4, 0.5) is 17.3 Å². The first-order valence-corrected chi connectivity index (χ1v) is 11.2. The third-order valence-electron chi connectivity index (χ3n) is 6.46. The highest BCUT2D eigenvalue weighted by atomic mass is 35.5. The molecule has 1 saturated heterocycles. The molecule has 33 heavy (non-hydrogen) atoms. The Morgan fingerprint density at radius 2 is 2.15 bits per heavy atom. The van der Waals surface area contributed by atoms with Gasteiger partial charge in [0.05, 0.1) is 40.5 Å². The van der Waals surface area contributed by atoms with E-state index in [0.717, 1.165) is 25.2 Å². The van der Waals surface area contributed by atoms with Crippen LogP contribution in [0.2, 0.25) is 5.02 Å². The van der Waals surface area contributed by atoms with Gasteiger partial charge in [-0.05, 0) is 38.2 Å². The minimum absolute atomic E-state index is 0.126. The molecule has 0 aliphatic carbocycles. The lowest BCUT2D eigenvalue weighted by molar-refractivity contribution is 0.0925. The van der Waals surface area contributed by atoms with E-state index in [9.17, 15) is 4.79 Å². The van der Waals surface area contributed by atoms with Crippen LogP contribution in [-0.4, -0.2) is 66.6 Å². The molecule has 5 rings (SSSR count). The Kier molecular flexibility index (Phi) is 5.38. The van der Waals surface area contributed by atoms with E-state index in [-0.39, 0.29) is 11.3 Å². The lowest BCUT2D eigenvalue weighted by atomic mass is 9.79. The van der Waals surface area contributed by atoms with E-state index in [4.69, 9.17) is 16.3 Å². The van der Waals surface area contributed by atoms with Crippen LogP contribution in [0.1, 0.15) is 22.5 Å². The Hall–Kier alpha value is -3.30. The molecule has 9 nitrogen and oxygen atoms in total. The number of carbonyl (C=O) groups excluding carboxylic acids is 1. The number of likely N-dealkylation sites (tertiary alicyclic amines) is 1. The lowest BCUT2D eigenvalue weighted by Gasteiger charge is -2.33. The maximum Gasteiger partial charge on any atom is 0.255 e. The summed E-state index contributed by atoms with van der Waals surface area (Å²) in [6.45, 7) is 2.41. The average molecular weight is 468 g/mol. The van der Waals surface area contributed by atoms with Crippen molar-refractivity contribution < 1.29 is 9.53 Å². The van der Waals surface area contributed by atoms with Gasteiger partial charge < -0.3 is 30.6 Å². The first kappa shape index (κ1) is 21.5. The number of carbonyl (C=O) groups is 1. The number of aromatic amines is 1. The Labute approximate surface area is 196 Å². The summed E-state index contributed by atoms with van der Waals surface area (Å²) in [5, 5.41) is 10.0. The van der Waals surface area contributed by atoms with Crippen LogP contribution in [0.15, 0.2) is 30.5 Å². The Morgan fingerprint density at radius 3 is 2.88 bits per heavy atom. The van der Waals surface area contributed by atoms with Crippen LogP contribution >= 0.6 is 11.6 Å². The molecule has 10 heteroatoms. The summed E-state index contributed by atoms with van der Waals surface area (Å²) in [6, 6.07) is 7.29. The molecule has 1 aromatic carbocycles. The van der Waals surface area contributed by atoms with Crippen LogP contribution in [0.25, 0.3) is 11.4 Å². The SMILES string of the molecule is CNc1nccc(-c2[nH]c3c(c2Nc2cccc(Cl)c2OC)C(=O)NC[C@]32CCN(C)C2)n1. The number of H-pyrrole nitrogens is 1. The molecule has 172 valence electrons. The van der Waals surface area contributed by atoms with Gasteiger partial charge in [0, 0.05) is 37.4 Å². The van der Waals surface area contributed by atoms with Crippen molar-refractivity contribution >= 4 is 34.8 Å². The summed E-state index contributed by atoms with van der Waals surface area (Å²) in [6.07, 6.45) is 2.64. The third-order valence-corrected chi connectivity index (χ3v) is 6.75. The maximum atomic E-state index is 13.2. The van der Waals surface area contributed by atoms with E-state index < -0.39 is 0 Å². The van der Waals surface area contributed by atoms with Crippen molar-refractivity contribution in [2.24, 2.45) is 0 Å². The molecule has 0 saturated carbocycles. The van der Waals surface area contributed by atoms with Crippen LogP contribution in [0, 0.1) is 0 Å². The van der Waals surface area contributed by atoms with Gasteiger partial charge in [0.1, 0.15) is 0 Å². The fourth-order valence-corrected chi connectivity index (χ4v) is 5.12. The van der Waals surface area contributed by atoms with Crippen molar-refractivity contribution in [2.75, 3.05) is 51.5 Å². The van der Waals surface area contributed by atoms with Gasteiger partial charge >= 0.3 is 0 Å². The molecule has 2 aliphatic heterocycles. The number of hydrogen-bond acceptors (Lipinski definition) is 7. The second-order valence-corrected chi connectivity index (χ2v) is 8.94. The standard InChI is InChI=1S/C23H26ClN7O2/c1-25-22-26-9-7-14(29-22)17-18(28-15-6-4-5-13(24)19(15)33-3)16-20(30-17)23(11-27-21(16)32)8-10-31(2)12-23/h4-7,9,28,30H,8,10-12H2,1-3H3,(H,27,32)(H,25,26,29)/t23-/m0/s1. The number of nitrogens with zero attached hydrogens (tertiary/aromatic N) is 3. The van der Waals surface area contributed by atoms with Gasteiger partial charge in [-0.2, -0.15) is 0 Å². The predicted octanol–water partition coefficient (Wildman–Crippen LogP) is 3.24. The van der Waals surface area contributed by atoms with Gasteiger partial charge in [0.2, 0.25) is 5.95 Å². The van der Waals surface area contributed by atoms with Gasteiger partial charge in [0.15, 0.2) is 5.75 Å². The Bertz CT molecular complexity index is 1230. The van der Waals surface area contributed by atoms with Gasteiger partial charge in [-0.1, -0.05) is 17.7 Å². The van der Waals surface area contributed by atoms with E-state index in [1.165, 1.54) is 0 Å². The summed E-state index contributed by atoms with van der Waals surface area (Å²) >= 11 is 6.37. The van der Waals surface area contributed by atoms with E-state index in [2.05, 4.69) is 42.8 Å². The minimum Gasteiger partial charge on any atom is -0.493 e. The van der Waals surface area contributed by atoms with Gasteiger partial charge in [-0.3, -0.25) is 4.79 Å². The molecule has 1 fully saturated rings. The van der Waals surface area contributed by atoms with E-state index in [1.807, 2.05) is 18.2 Å². The molecule has 1 atom stereocenters. The van der Waals surface area contributed by atoms with Crippen LogP contribution < -0.4 is 20.7 Å². The predicted molar refractivity (Wildman–Crippen MR) is 129 cm³/mol. The number of nitrogens with one attached hydrogen (secondary N) is 4.